The Morgan fingerprint density at radius 1 is 1.17 bits per heavy atom. The van der Waals surface area contributed by atoms with Gasteiger partial charge in [0.15, 0.2) is 0 Å². The van der Waals surface area contributed by atoms with E-state index >= 15 is 0 Å². The van der Waals surface area contributed by atoms with Crippen LogP contribution in [0.1, 0.15) is 50.1 Å². The van der Waals surface area contributed by atoms with E-state index in [9.17, 15) is 13.9 Å². The second-order valence-electron chi connectivity index (χ2n) is 8.16. The van der Waals surface area contributed by atoms with Gasteiger partial charge in [0.25, 0.3) is 0 Å². The monoisotopic (exact) mass is 339 g/mol. The normalized spacial score (nSPS) is 37.5. The second kappa shape index (κ2) is 6.06. The average molecular weight is 339 g/mol. The molecule has 1 N–H and O–H groups in total. The van der Waals surface area contributed by atoms with E-state index in [0.717, 1.165) is 31.5 Å². The maximum atomic E-state index is 13.4. The van der Waals surface area contributed by atoms with Crippen LogP contribution in [0.25, 0.3) is 0 Å². The van der Waals surface area contributed by atoms with Gasteiger partial charge in [0.05, 0.1) is 18.3 Å². The Morgan fingerprint density at radius 3 is 2.46 bits per heavy atom. The van der Waals surface area contributed by atoms with Crippen LogP contribution in [-0.2, 0) is 0 Å². The molecule has 2 aliphatic carbocycles. The predicted molar refractivity (Wildman–Crippen MR) is 87.0 cm³/mol. The van der Waals surface area contributed by atoms with Gasteiger partial charge in [0.1, 0.15) is 0 Å². The number of halogens is 2. The maximum absolute atomic E-state index is 13.4. The van der Waals surface area contributed by atoms with Crippen LogP contribution in [-0.4, -0.2) is 50.9 Å². The summed E-state index contributed by atoms with van der Waals surface area (Å²) in [5.41, 5.74) is 1.11. The van der Waals surface area contributed by atoms with Crippen LogP contribution in [0.3, 0.4) is 0 Å². The van der Waals surface area contributed by atoms with Crippen LogP contribution in [0.15, 0.2) is 12.4 Å². The number of fused-ring (bicyclic) bond motifs is 1. The van der Waals surface area contributed by atoms with Gasteiger partial charge in [-0.2, -0.15) is 5.10 Å². The molecule has 3 aliphatic rings. The molecule has 1 aromatic heterocycles. The van der Waals surface area contributed by atoms with Gasteiger partial charge in [0.2, 0.25) is 5.92 Å². The number of hydrogen-bond donors (Lipinski definition) is 1. The highest BCUT2D eigenvalue weighted by Crippen LogP contribution is 2.44. The topological polar surface area (TPSA) is 41.3 Å². The Kier molecular flexibility index (Phi) is 4.15. The molecule has 0 unspecified atom stereocenters. The van der Waals surface area contributed by atoms with Gasteiger partial charge in [-0.15, -0.1) is 0 Å². The summed E-state index contributed by atoms with van der Waals surface area (Å²) >= 11 is 0. The molecule has 1 aliphatic heterocycles. The highest BCUT2D eigenvalue weighted by atomic mass is 19.3. The smallest absolute Gasteiger partial charge is 0.248 e. The molecular formula is C18H27F2N3O. The van der Waals surface area contributed by atoms with Gasteiger partial charge >= 0.3 is 0 Å². The largest absolute Gasteiger partial charge is 0.391 e. The lowest BCUT2D eigenvalue weighted by Crippen LogP contribution is -2.39. The number of aryl methyl sites for hydroxylation is 1. The third-order valence-electron chi connectivity index (χ3n) is 6.41. The van der Waals surface area contributed by atoms with Crippen molar-refractivity contribution in [1.29, 1.82) is 0 Å². The number of alkyl halides is 2. The Morgan fingerprint density at radius 2 is 1.83 bits per heavy atom. The first-order valence-corrected chi connectivity index (χ1v) is 9.22. The van der Waals surface area contributed by atoms with Crippen molar-refractivity contribution in [3.63, 3.8) is 0 Å². The lowest BCUT2D eigenvalue weighted by Gasteiger charge is -2.35. The quantitative estimate of drug-likeness (QED) is 0.900. The number of likely N-dealkylation sites (tertiary alicyclic amines) is 1. The number of aliphatic hydroxyl groups is 1. The summed E-state index contributed by atoms with van der Waals surface area (Å²) in [6.07, 6.45) is 6.49. The Hall–Kier alpha value is -1.01. The van der Waals surface area contributed by atoms with E-state index in [1.165, 1.54) is 0 Å². The predicted octanol–water partition coefficient (Wildman–Crippen LogP) is 3.01. The number of aliphatic hydroxyl groups excluding tert-OH is 1. The fourth-order valence-electron chi connectivity index (χ4n) is 5.03. The lowest BCUT2D eigenvalue weighted by atomic mass is 9.77. The van der Waals surface area contributed by atoms with E-state index in [1.807, 2.05) is 24.0 Å². The van der Waals surface area contributed by atoms with Crippen molar-refractivity contribution < 1.29 is 13.9 Å². The van der Waals surface area contributed by atoms with Crippen LogP contribution in [0.2, 0.25) is 0 Å². The molecule has 2 saturated carbocycles. The molecule has 4 nitrogen and oxygen atoms in total. The molecular weight excluding hydrogens is 312 g/mol. The van der Waals surface area contributed by atoms with Crippen LogP contribution in [0, 0.1) is 18.8 Å². The number of hydrogen-bond acceptors (Lipinski definition) is 3. The fourth-order valence-corrected chi connectivity index (χ4v) is 5.03. The lowest BCUT2D eigenvalue weighted by molar-refractivity contribution is -0.0520. The second-order valence-corrected chi connectivity index (χ2v) is 8.16. The van der Waals surface area contributed by atoms with Gasteiger partial charge in [-0.3, -0.25) is 9.58 Å². The number of nitrogens with zero attached hydrogens (tertiary/aromatic N) is 3. The minimum atomic E-state index is -2.46. The van der Waals surface area contributed by atoms with Gasteiger partial charge in [-0.25, -0.2) is 8.78 Å². The van der Waals surface area contributed by atoms with Crippen molar-refractivity contribution in [1.82, 2.24) is 14.7 Å². The molecule has 0 amide bonds. The van der Waals surface area contributed by atoms with E-state index in [-0.39, 0.29) is 25.0 Å². The molecule has 1 saturated heterocycles. The molecule has 1 aromatic rings. The van der Waals surface area contributed by atoms with Crippen LogP contribution in [0.4, 0.5) is 8.78 Å². The summed E-state index contributed by atoms with van der Waals surface area (Å²) in [6, 6.07) is 0.355. The van der Waals surface area contributed by atoms with E-state index < -0.39 is 5.92 Å². The zero-order chi connectivity index (χ0) is 16.9. The molecule has 24 heavy (non-hydrogen) atoms. The van der Waals surface area contributed by atoms with Crippen molar-refractivity contribution in [2.75, 3.05) is 13.1 Å². The summed E-state index contributed by atoms with van der Waals surface area (Å²) in [4.78, 5) is 2.42. The van der Waals surface area contributed by atoms with Crippen molar-refractivity contribution in [3.05, 3.63) is 18.0 Å². The highest BCUT2D eigenvalue weighted by Gasteiger charge is 2.45. The first kappa shape index (κ1) is 16.5. The zero-order valence-corrected chi connectivity index (χ0v) is 14.2. The van der Waals surface area contributed by atoms with E-state index in [1.54, 1.807) is 0 Å². The van der Waals surface area contributed by atoms with Crippen molar-refractivity contribution in [2.45, 2.75) is 69.6 Å². The van der Waals surface area contributed by atoms with Crippen molar-refractivity contribution in [3.8, 4) is 0 Å². The highest BCUT2D eigenvalue weighted by molar-refractivity contribution is 5.03. The number of rotatable bonds is 2. The fraction of sp³-hybridized carbons (Fsp3) is 0.833. The van der Waals surface area contributed by atoms with Crippen LogP contribution < -0.4 is 0 Å². The molecule has 4 atom stereocenters. The number of aromatic nitrogens is 2. The Balaban J connectivity index is 1.40. The summed E-state index contributed by atoms with van der Waals surface area (Å²) in [5.74, 6) is -1.41. The molecule has 2 heterocycles. The molecule has 0 spiro atoms. The minimum absolute atomic E-state index is 0.0291. The molecule has 0 aromatic carbocycles. The van der Waals surface area contributed by atoms with Crippen molar-refractivity contribution in [2.24, 2.45) is 11.8 Å². The van der Waals surface area contributed by atoms with E-state index in [0.29, 0.717) is 30.7 Å². The third kappa shape index (κ3) is 3.10. The van der Waals surface area contributed by atoms with Crippen molar-refractivity contribution >= 4 is 0 Å². The van der Waals surface area contributed by atoms with Gasteiger partial charge in [0, 0.05) is 38.2 Å². The molecule has 0 radical (unpaired) electrons. The maximum Gasteiger partial charge on any atom is 0.248 e. The summed E-state index contributed by atoms with van der Waals surface area (Å²) in [5, 5.41) is 15.0. The van der Waals surface area contributed by atoms with Gasteiger partial charge in [-0.05, 0) is 50.0 Å². The molecule has 6 heteroatoms. The minimum Gasteiger partial charge on any atom is -0.391 e. The average Bonchev–Trinajstić information content (AvgIpc) is 3.12. The first-order valence-electron chi connectivity index (χ1n) is 9.22. The van der Waals surface area contributed by atoms with Gasteiger partial charge in [-0.1, -0.05) is 0 Å². The zero-order valence-electron chi connectivity index (χ0n) is 14.2. The molecule has 134 valence electrons. The summed E-state index contributed by atoms with van der Waals surface area (Å²) < 4.78 is 28.7. The Labute approximate surface area is 141 Å². The third-order valence-corrected chi connectivity index (χ3v) is 6.41. The van der Waals surface area contributed by atoms with Crippen LogP contribution >= 0.6 is 0 Å². The van der Waals surface area contributed by atoms with Gasteiger partial charge < -0.3 is 5.11 Å². The molecule has 3 fully saturated rings. The first-order chi connectivity index (χ1) is 11.4. The summed E-state index contributed by atoms with van der Waals surface area (Å²) in [6.45, 7) is 3.96. The standard InChI is InChI=1S/C18H27F2N3O/c1-12-8-21-23(9-12)16-6-13-10-22(11-14(13)7-17(16)24)15-2-4-18(19,20)5-3-15/h8-9,13-17,24H,2-7,10-11H2,1H3/t13-,14+,16-,17-/m0/s1. The van der Waals surface area contributed by atoms with E-state index in [2.05, 4.69) is 10.00 Å². The van der Waals surface area contributed by atoms with E-state index in [4.69, 9.17) is 0 Å². The van der Waals surface area contributed by atoms with Crippen LogP contribution in [0.5, 0.6) is 0 Å². The molecule has 0 bridgehead atoms. The molecule has 4 rings (SSSR count). The summed E-state index contributed by atoms with van der Waals surface area (Å²) in [7, 11) is 0. The SMILES string of the molecule is Cc1cnn([C@H]2C[C@H]3CN(C4CCC(F)(F)CC4)C[C@H]3C[C@@H]2O)c1. The Bertz CT molecular complexity index is 581.